The zero-order valence-corrected chi connectivity index (χ0v) is 17.1. The zero-order chi connectivity index (χ0) is 21.5. The molecule has 0 fully saturated rings. The summed E-state index contributed by atoms with van der Waals surface area (Å²) in [6, 6.07) is 9.13. The van der Waals surface area contributed by atoms with Crippen molar-refractivity contribution >= 4 is 11.5 Å². The number of hydrogen-bond donors (Lipinski definition) is 1. The maximum Gasteiger partial charge on any atom is 0.209 e. The van der Waals surface area contributed by atoms with Crippen LogP contribution in [0, 0.1) is 31.0 Å². The number of nitrogens with one attached hydrogen (secondary N) is 1. The molecule has 0 radical (unpaired) electrons. The second-order valence-electron chi connectivity index (χ2n) is 7.46. The second kappa shape index (κ2) is 7.36. The van der Waals surface area contributed by atoms with Crippen molar-refractivity contribution in [1.82, 2.24) is 19.4 Å². The molecule has 8 heteroatoms. The van der Waals surface area contributed by atoms with Crippen LogP contribution >= 0.6 is 0 Å². The highest BCUT2D eigenvalue weighted by Crippen LogP contribution is 2.32. The molecule has 31 heavy (non-hydrogen) atoms. The maximum absolute atomic E-state index is 14.5. The lowest BCUT2D eigenvalue weighted by atomic mass is 10.0. The number of rotatable bonds is 4. The lowest BCUT2D eigenvalue weighted by Gasteiger charge is -2.14. The Labute approximate surface area is 178 Å². The molecule has 1 aliphatic heterocycles. The number of fused-ring (bicyclic) bond motifs is 2. The minimum absolute atomic E-state index is 0.241. The van der Waals surface area contributed by atoms with Gasteiger partial charge in [-0.15, -0.1) is 0 Å². The van der Waals surface area contributed by atoms with Crippen molar-refractivity contribution in [1.29, 1.82) is 5.26 Å². The summed E-state index contributed by atoms with van der Waals surface area (Å²) in [7, 11) is 0. The van der Waals surface area contributed by atoms with Crippen LogP contribution < -0.4 is 10.1 Å². The van der Waals surface area contributed by atoms with Gasteiger partial charge in [0.05, 0.1) is 12.1 Å². The molecule has 4 aromatic rings. The van der Waals surface area contributed by atoms with Crippen LogP contribution in [-0.2, 0) is 13.0 Å². The van der Waals surface area contributed by atoms with E-state index in [-0.39, 0.29) is 12.4 Å². The van der Waals surface area contributed by atoms with Crippen LogP contribution in [-0.4, -0.2) is 26.0 Å². The Balaban J connectivity index is 1.57. The average molecular weight is 414 g/mol. The van der Waals surface area contributed by atoms with E-state index in [9.17, 15) is 9.65 Å². The van der Waals surface area contributed by atoms with Gasteiger partial charge >= 0.3 is 0 Å². The largest absolute Gasteiger partial charge is 0.493 e. The van der Waals surface area contributed by atoms with E-state index in [2.05, 4.69) is 26.3 Å². The molecule has 0 unspecified atom stereocenters. The summed E-state index contributed by atoms with van der Waals surface area (Å²) < 4.78 is 21.8. The van der Waals surface area contributed by atoms with E-state index in [0.717, 1.165) is 33.8 Å². The van der Waals surface area contributed by atoms with Gasteiger partial charge in [0, 0.05) is 52.8 Å². The van der Waals surface area contributed by atoms with E-state index in [1.807, 2.05) is 26.0 Å². The maximum atomic E-state index is 14.5. The van der Waals surface area contributed by atoms with E-state index >= 15 is 0 Å². The standard InChI is InChI=1S/C23H19FN6O/c1-13-3-4-15(14(2)29-13)18-11-27-23(30-12-28-20(9-25)22(18)30)26-10-17-16-7-8-31-21(16)6-5-19(17)24/h3-6,11-12H,7-8,10H2,1-2H3,(H,26,27). The second-order valence-corrected chi connectivity index (χ2v) is 7.46. The molecular weight excluding hydrogens is 395 g/mol. The zero-order valence-electron chi connectivity index (χ0n) is 17.1. The third-order valence-corrected chi connectivity index (χ3v) is 5.55. The summed E-state index contributed by atoms with van der Waals surface area (Å²) in [5.74, 6) is 0.916. The van der Waals surface area contributed by atoms with Crippen molar-refractivity contribution in [3.8, 4) is 22.9 Å². The number of benzene rings is 1. The van der Waals surface area contributed by atoms with Gasteiger partial charge in [-0.1, -0.05) is 6.07 Å². The number of aryl methyl sites for hydroxylation is 2. The highest BCUT2D eigenvalue weighted by Gasteiger charge is 2.21. The Morgan fingerprint density at radius 1 is 1.19 bits per heavy atom. The average Bonchev–Trinajstić information content (AvgIpc) is 3.40. The highest BCUT2D eigenvalue weighted by molar-refractivity contribution is 5.85. The van der Waals surface area contributed by atoms with Crippen LogP contribution in [0.5, 0.6) is 5.75 Å². The van der Waals surface area contributed by atoms with Crippen LogP contribution in [0.15, 0.2) is 36.8 Å². The van der Waals surface area contributed by atoms with Gasteiger partial charge in [0.25, 0.3) is 0 Å². The summed E-state index contributed by atoms with van der Waals surface area (Å²) in [6.07, 6.45) is 3.93. The molecule has 1 aliphatic rings. The van der Waals surface area contributed by atoms with Gasteiger partial charge in [-0.3, -0.25) is 9.38 Å². The summed E-state index contributed by atoms with van der Waals surface area (Å²) >= 11 is 0. The van der Waals surface area contributed by atoms with Gasteiger partial charge in [-0.25, -0.2) is 14.4 Å². The third-order valence-electron chi connectivity index (χ3n) is 5.55. The number of imidazole rings is 1. The lowest BCUT2D eigenvalue weighted by molar-refractivity contribution is 0.356. The number of ether oxygens (including phenoxy) is 1. The summed E-state index contributed by atoms with van der Waals surface area (Å²) in [5.41, 5.74) is 5.78. The van der Waals surface area contributed by atoms with Gasteiger partial charge in [-0.2, -0.15) is 5.26 Å². The van der Waals surface area contributed by atoms with Gasteiger partial charge in [-0.05, 0) is 32.0 Å². The molecule has 0 bridgehead atoms. The summed E-state index contributed by atoms with van der Waals surface area (Å²) in [6.45, 7) is 4.65. The minimum Gasteiger partial charge on any atom is -0.493 e. The lowest BCUT2D eigenvalue weighted by Crippen LogP contribution is -2.10. The topological polar surface area (TPSA) is 88.1 Å². The van der Waals surface area contributed by atoms with Crippen LogP contribution in [0.4, 0.5) is 10.3 Å². The molecule has 0 saturated heterocycles. The number of hydrogen-bond acceptors (Lipinski definition) is 6. The Bertz CT molecular complexity index is 1370. The van der Waals surface area contributed by atoms with E-state index < -0.39 is 0 Å². The molecule has 1 aromatic carbocycles. The molecule has 7 nitrogen and oxygen atoms in total. The van der Waals surface area contributed by atoms with Crippen molar-refractivity contribution in [2.24, 2.45) is 0 Å². The minimum atomic E-state index is -0.283. The van der Waals surface area contributed by atoms with Crippen molar-refractivity contribution in [3.05, 3.63) is 70.8 Å². The summed E-state index contributed by atoms with van der Waals surface area (Å²) in [4.78, 5) is 13.3. The third kappa shape index (κ3) is 3.15. The quantitative estimate of drug-likeness (QED) is 0.544. The molecular formula is C23H19FN6O. The van der Waals surface area contributed by atoms with Crippen molar-refractivity contribution in [2.45, 2.75) is 26.8 Å². The SMILES string of the molecule is Cc1ccc(-c2cnc(NCc3c(F)ccc4c3CCO4)n3cnc(C#N)c23)c(C)n1. The van der Waals surface area contributed by atoms with Crippen LogP contribution in [0.1, 0.15) is 28.2 Å². The van der Waals surface area contributed by atoms with Crippen LogP contribution in [0.25, 0.3) is 16.6 Å². The number of pyridine rings is 1. The molecule has 1 N–H and O–H groups in total. The van der Waals surface area contributed by atoms with Crippen molar-refractivity contribution in [3.63, 3.8) is 0 Å². The molecule has 154 valence electrons. The predicted octanol–water partition coefficient (Wildman–Crippen LogP) is 3.97. The van der Waals surface area contributed by atoms with E-state index in [4.69, 9.17) is 4.74 Å². The molecule has 5 rings (SSSR count). The fourth-order valence-corrected chi connectivity index (χ4v) is 4.07. The first kappa shape index (κ1) is 19.0. The van der Waals surface area contributed by atoms with E-state index in [0.29, 0.717) is 35.8 Å². The summed E-state index contributed by atoms with van der Waals surface area (Å²) in [5, 5.41) is 12.8. The van der Waals surface area contributed by atoms with Crippen LogP contribution in [0.3, 0.4) is 0 Å². The Hall–Kier alpha value is -3.99. The molecule has 4 heterocycles. The Morgan fingerprint density at radius 2 is 2.06 bits per heavy atom. The van der Waals surface area contributed by atoms with Crippen molar-refractivity contribution < 1.29 is 9.13 Å². The molecule has 0 atom stereocenters. The monoisotopic (exact) mass is 414 g/mol. The molecule has 0 aliphatic carbocycles. The first-order valence-corrected chi connectivity index (χ1v) is 9.94. The molecule has 3 aromatic heterocycles. The van der Waals surface area contributed by atoms with Gasteiger partial charge in [0.2, 0.25) is 5.95 Å². The fraction of sp³-hybridized carbons (Fsp3) is 0.217. The predicted molar refractivity (Wildman–Crippen MR) is 113 cm³/mol. The molecule has 0 saturated carbocycles. The number of halogens is 1. The smallest absolute Gasteiger partial charge is 0.209 e. The molecule has 0 spiro atoms. The number of anilines is 1. The normalized spacial score (nSPS) is 12.5. The van der Waals surface area contributed by atoms with Crippen molar-refractivity contribution in [2.75, 3.05) is 11.9 Å². The van der Waals surface area contributed by atoms with E-state index in [1.165, 1.54) is 6.07 Å². The first-order valence-electron chi connectivity index (χ1n) is 9.94. The highest BCUT2D eigenvalue weighted by atomic mass is 19.1. The van der Waals surface area contributed by atoms with Gasteiger partial charge in [0.15, 0.2) is 5.69 Å². The molecule has 0 amide bonds. The Morgan fingerprint density at radius 3 is 2.87 bits per heavy atom. The number of aromatic nitrogens is 4. The van der Waals surface area contributed by atoms with Crippen LogP contribution in [0.2, 0.25) is 0 Å². The fourth-order valence-electron chi connectivity index (χ4n) is 4.07. The number of nitriles is 1. The van der Waals surface area contributed by atoms with E-state index in [1.54, 1.807) is 23.0 Å². The first-order chi connectivity index (χ1) is 15.1. The van der Waals surface area contributed by atoms with Gasteiger partial charge < -0.3 is 10.1 Å². The number of nitrogens with zero attached hydrogens (tertiary/aromatic N) is 5. The Kier molecular flexibility index (Phi) is 4.51. The van der Waals surface area contributed by atoms with Gasteiger partial charge in [0.1, 0.15) is 24.0 Å².